The molecule has 114 valence electrons. The standard InChI is InChI=1S/C15H17F3N2O/c1-20(9-11-3-2-6-21-10-11)14-5-4-13(15(16,17)18)7-12(14)8-19/h4-5,7,11H,2-3,6,9-10H2,1H3. The van der Waals surface area contributed by atoms with Gasteiger partial charge in [-0.1, -0.05) is 0 Å². The Balaban J connectivity index is 2.16. The molecule has 1 aromatic carbocycles. The minimum Gasteiger partial charge on any atom is -0.381 e. The van der Waals surface area contributed by atoms with E-state index in [0.29, 0.717) is 24.8 Å². The number of rotatable bonds is 3. The predicted molar refractivity (Wildman–Crippen MR) is 73.0 cm³/mol. The maximum atomic E-state index is 12.7. The Morgan fingerprint density at radius 1 is 1.43 bits per heavy atom. The Morgan fingerprint density at radius 3 is 2.76 bits per heavy atom. The van der Waals surface area contributed by atoms with Crippen molar-refractivity contribution >= 4 is 5.69 Å². The van der Waals surface area contributed by atoms with Crippen LogP contribution in [-0.2, 0) is 10.9 Å². The van der Waals surface area contributed by atoms with E-state index in [1.165, 1.54) is 6.07 Å². The fraction of sp³-hybridized carbons (Fsp3) is 0.533. The van der Waals surface area contributed by atoms with Gasteiger partial charge >= 0.3 is 6.18 Å². The molecule has 0 aliphatic carbocycles. The van der Waals surface area contributed by atoms with E-state index in [1.54, 1.807) is 7.05 Å². The molecule has 0 radical (unpaired) electrons. The van der Waals surface area contributed by atoms with E-state index in [1.807, 2.05) is 11.0 Å². The van der Waals surface area contributed by atoms with Gasteiger partial charge in [-0.15, -0.1) is 0 Å². The first-order valence-corrected chi connectivity index (χ1v) is 6.82. The lowest BCUT2D eigenvalue weighted by molar-refractivity contribution is -0.137. The second kappa shape index (κ2) is 6.35. The summed E-state index contributed by atoms with van der Waals surface area (Å²) in [7, 11) is 1.79. The molecule has 0 N–H and O–H groups in total. The molecule has 1 aliphatic rings. The lowest BCUT2D eigenvalue weighted by atomic mass is 10.0. The van der Waals surface area contributed by atoms with E-state index in [4.69, 9.17) is 10.00 Å². The van der Waals surface area contributed by atoms with Gasteiger partial charge in [0.15, 0.2) is 0 Å². The fourth-order valence-corrected chi connectivity index (χ4v) is 2.57. The van der Waals surface area contributed by atoms with Crippen molar-refractivity contribution in [3.8, 4) is 6.07 Å². The topological polar surface area (TPSA) is 36.3 Å². The molecule has 0 amide bonds. The van der Waals surface area contributed by atoms with Crippen LogP contribution in [0.25, 0.3) is 0 Å². The Labute approximate surface area is 121 Å². The van der Waals surface area contributed by atoms with Gasteiger partial charge in [0.2, 0.25) is 0 Å². The molecule has 1 heterocycles. The fourth-order valence-electron chi connectivity index (χ4n) is 2.57. The van der Waals surface area contributed by atoms with Crippen LogP contribution in [-0.4, -0.2) is 26.8 Å². The molecule has 0 saturated carbocycles. The number of nitriles is 1. The molecule has 21 heavy (non-hydrogen) atoms. The van der Waals surface area contributed by atoms with Crippen LogP contribution in [0.15, 0.2) is 18.2 Å². The van der Waals surface area contributed by atoms with E-state index in [2.05, 4.69) is 0 Å². The van der Waals surface area contributed by atoms with Crippen LogP contribution in [0.1, 0.15) is 24.0 Å². The number of halogens is 3. The summed E-state index contributed by atoms with van der Waals surface area (Å²) < 4.78 is 43.4. The van der Waals surface area contributed by atoms with Crippen molar-refractivity contribution in [1.82, 2.24) is 0 Å². The molecule has 1 fully saturated rings. The zero-order valence-electron chi connectivity index (χ0n) is 11.8. The van der Waals surface area contributed by atoms with E-state index in [0.717, 1.165) is 31.6 Å². The second-order valence-corrected chi connectivity index (χ2v) is 5.31. The van der Waals surface area contributed by atoms with Crippen molar-refractivity contribution < 1.29 is 17.9 Å². The normalized spacial score (nSPS) is 19.1. The summed E-state index contributed by atoms with van der Waals surface area (Å²) in [5.41, 5.74) is -0.225. The summed E-state index contributed by atoms with van der Waals surface area (Å²) in [5, 5.41) is 9.09. The molecule has 3 nitrogen and oxygen atoms in total. The highest BCUT2D eigenvalue weighted by Crippen LogP contribution is 2.32. The summed E-state index contributed by atoms with van der Waals surface area (Å²) >= 11 is 0. The van der Waals surface area contributed by atoms with Crippen LogP contribution in [0.3, 0.4) is 0 Å². The Bertz CT molecular complexity index is 531. The molecule has 1 saturated heterocycles. The summed E-state index contributed by atoms with van der Waals surface area (Å²) in [4.78, 5) is 1.83. The highest BCUT2D eigenvalue weighted by Gasteiger charge is 2.31. The minimum absolute atomic E-state index is 0.0454. The van der Waals surface area contributed by atoms with Crippen molar-refractivity contribution in [3.05, 3.63) is 29.3 Å². The van der Waals surface area contributed by atoms with Gasteiger partial charge in [0.05, 0.1) is 23.4 Å². The highest BCUT2D eigenvalue weighted by molar-refractivity contribution is 5.60. The van der Waals surface area contributed by atoms with Gasteiger partial charge < -0.3 is 9.64 Å². The molecular formula is C15H17F3N2O. The lowest BCUT2D eigenvalue weighted by Crippen LogP contribution is -2.31. The van der Waals surface area contributed by atoms with Gasteiger partial charge in [0.25, 0.3) is 0 Å². The van der Waals surface area contributed by atoms with Crippen LogP contribution in [0.2, 0.25) is 0 Å². The second-order valence-electron chi connectivity index (χ2n) is 5.31. The molecule has 1 atom stereocenters. The monoisotopic (exact) mass is 298 g/mol. The molecule has 0 spiro atoms. The number of alkyl halides is 3. The summed E-state index contributed by atoms with van der Waals surface area (Å²) in [6, 6.07) is 5.14. The third-order valence-corrected chi connectivity index (χ3v) is 3.64. The lowest BCUT2D eigenvalue weighted by Gasteiger charge is -2.29. The first-order valence-electron chi connectivity index (χ1n) is 6.82. The molecule has 1 aromatic rings. The Kier molecular flexibility index (Phi) is 4.73. The van der Waals surface area contributed by atoms with Gasteiger partial charge in [-0.3, -0.25) is 0 Å². The maximum Gasteiger partial charge on any atom is 0.416 e. The van der Waals surface area contributed by atoms with Gasteiger partial charge in [0, 0.05) is 20.2 Å². The van der Waals surface area contributed by atoms with Crippen molar-refractivity contribution in [3.63, 3.8) is 0 Å². The molecular weight excluding hydrogens is 281 g/mol. The number of anilines is 1. The maximum absolute atomic E-state index is 12.7. The Hall–Kier alpha value is -1.74. The van der Waals surface area contributed by atoms with Crippen LogP contribution in [0, 0.1) is 17.2 Å². The molecule has 6 heteroatoms. The largest absolute Gasteiger partial charge is 0.416 e. The van der Waals surface area contributed by atoms with E-state index < -0.39 is 11.7 Å². The SMILES string of the molecule is CN(CC1CCCOC1)c1ccc(C(F)(F)F)cc1C#N. The molecule has 0 aromatic heterocycles. The molecule has 1 unspecified atom stereocenters. The van der Waals surface area contributed by atoms with Crippen LogP contribution < -0.4 is 4.90 Å². The third kappa shape index (κ3) is 3.88. The predicted octanol–water partition coefficient (Wildman–Crippen LogP) is 3.44. The number of hydrogen-bond donors (Lipinski definition) is 0. The van der Waals surface area contributed by atoms with E-state index >= 15 is 0 Å². The quantitative estimate of drug-likeness (QED) is 0.857. The van der Waals surface area contributed by atoms with Crippen molar-refractivity contribution in [2.45, 2.75) is 19.0 Å². The highest BCUT2D eigenvalue weighted by atomic mass is 19.4. The number of nitrogens with zero attached hydrogens (tertiary/aromatic N) is 2. The first-order chi connectivity index (χ1) is 9.91. The zero-order valence-corrected chi connectivity index (χ0v) is 11.8. The number of ether oxygens (including phenoxy) is 1. The third-order valence-electron chi connectivity index (χ3n) is 3.64. The first kappa shape index (κ1) is 15.6. The average Bonchev–Trinajstić information content (AvgIpc) is 2.46. The molecule has 2 rings (SSSR count). The smallest absolute Gasteiger partial charge is 0.381 e. The number of benzene rings is 1. The van der Waals surface area contributed by atoms with Gasteiger partial charge in [0.1, 0.15) is 6.07 Å². The van der Waals surface area contributed by atoms with E-state index in [-0.39, 0.29) is 5.56 Å². The summed E-state index contributed by atoms with van der Waals surface area (Å²) in [6.07, 6.45) is -2.40. The van der Waals surface area contributed by atoms with Crippen molar-refractivity contribution in [1.29, 1.82) is 5.26 Å². The molecule has 0 bridgehead atoms. The number of hydrogen-bond acceptors (Lipinski definition) is 3. The molecule has 1 aliphatic heterocycles. The van der Waals surface area contributed by atoms with Crippen LogP contribution >= 0.6 is 0 Å². The van der Waals surface area contributed by atoms with Gasteiger partial charge in [-0.2, -0.15) is 18.4 Å². The minimum atomic E-state index is -4.43. The van der Waals surface area contributed by atoms with Gasteiger partial charge in [-0.05, 0) is 37.0 Å². The summed E-state index contributed by atoms with van der Waals surface area (Å²) in [6.45, 7) is 2.09. The zero-order chi connectivity index (χ0) is 15.5. The van der Waals surface area contributed by atoms with Crippen LogP contribution in [0.5, 0.6) is 0 Å². The van der Waals surface area contributed by atoms with Crippen molar-refractivity contribution in [2.75, 3.05) is 31.7 Å². The van der Waals surface area contributed by atoms with E-state index in [9.17, 15) is 13.2 Å². The Morgan fingerprint density at radius 2 is 2.19 bits per heavy atom. The average molecular weight is 298 g/mol. The van der Waals surface area contributed by atoms with Crippen molar-refractivity contribution in [2.24, 2.45) is 5.92 Å². The van der Waals surface area contributed by atoms with Gasteiger partial charge in [-0.25, -0.2) is 0 Å². The summed E-state index contributed by atoms with van der Waals surface area (Å²) in [5.74, 6) is 0.345. The van der Waals surface area contributed by atoms with Crippen LogP contribution in [0.4, 0.5) is 18.9 Å².